The average Bonchev–Trinajstić information content (AvgIpc) is 3.06. The fraction of sp³-hybridized carbons (Fsp3) is 0.312. The molecule has 0 bridgehead atoms. The van der Waals surface area contributed by atoms with Gasteiger partial charge in [-0.05, 0) is 12.0 Å². The van der Waals surface area contributed by atoms with Crippen molar-refractivity contribution in [1.29, 1.82) is 0 Å². The smallest absolute Gasteiger partial charge is 0.274 e. The van der Waals surface area contributed by atoms with Crippen molar-refractivity contribution in [1.82, 2.24) is 14.7 Å². The number of aryl methyl sites for hydroxylation is 1. The van der Waals surface area contributed by atoms with Crippen molar-refractivity contribution in [3.05, 3.63) is 57.9 Å². The normalized spacial score (nSPS) is 17.5. The number of aromatic nitrogens is 2. The van der Waals surface area contributed by atoms with Crippen LogP contribution < -0.4 is 0 Å². The Hall–Kier alpha value is -3.03. The maximum atomic E-state index is 12.5. The molecule has 8 nitrogen and oxygen atoms in total. The van der Waals surface area contributed by atoms with Crippen molar-refractivity contribution in [3.8, 4) is 0 Å². The maximum Gasteiger partial charge on any atom is 0.274 e. The van der Waals surface area contributed by atoms with Crippen LogP contribution in [-0.2, 0) is 29.6 Å². The number of carbonyl (C=O) groups is 2. The van der Waals surface area contributed by atoms with E-state index in [1.54, 1.807) is 36.1 Å². The van der Waals surface area contributed by atoms with Crippen LogP contribution in [0.5, 0.6) is 0 Å². The van der Waals surface area contributed by atoms with E-state index in [1.807, 2.05) is 6.20 Å². The first-order chi connectivity index (χ1) is 11.5. The minimum Gasteiger partial charge on any atom is -0.278 e. The average molecular weight is 328 g/mol. The van der Waals surface area contributed by atoms with E-state index in [1.165, 1.54) is 6.07 Å². The van der Waals surface area contributed by atoms with E-state index in [0.29, 0.717) is 12.0 Å². The van der Waals surface area contributed by atoms with Crippen LogP contribution in [0.3, 0.4) is 0 Å². The zero-order valence-corrected chi connectivity index (χ0v) is 13.1. The van der Waals surface area contributed by atoms with Gasteiger partial charge in [-0.3, -0.25) is 29.3 Å². The van der Waals surface area contributed by atoms with E-state index < -0.39 is 10.8 Å². The van der Waals surface area contributed by atoms with Gasteiger partial charge in [-0.25, -0.2) is 0 Å². The number of hydrogen-bond donors (Lipinski definition) is 0. The Balaban J connectivity index is 1.76. The van der Waals surface area contributed by atoms with Gasteiger partial charge in [0.2, 0.25) is 11.8 Å². The highest BCUT2D eigenvalue weighted by Crippen LogP contribution is 2.27. The fourth-order valence-electron chi connectivity index (χ4n) is 2.93. The Morgan fingerprint density at radius 1 is 1.33 bits per heavy atom. The van der Waals surface area contributed by atoms with Gasteiger partial charge in [-0.2, -0.15) is 5.10 Å². The number of nitro groups is 1. The SMILES string of the molecule is Cn1cc(CC2CC(=O)N(Cc3ccccc3[N+](=O)[O-])C2=O)cn1. The molecule has 1 unspecified atom stereocenters. The van der Waals surface area contributed by atoms with Gasteiger partial charge in [0.25, 0.3) is 5.69 Å². The van der Waals surface area contributed by atoms with Crippen molar-refractivity contribution in [2.45, 2.75) is 19.4 Å². The molecule has 1 aromatic carbocycles. The van der Waals surface area contributed by atoms with Crippen LogP contribution in [0.25, 0.3) is 0 Å². The van der Waals surface area contributed by atoms with E-state index in [9.17, 15) is 19.7 Å². The predicted octanol–water partition coefficient (Wildman–Crippen LogP) is 1.45. The van der Waals surface area contributed by atoms with Crippen molar-refractivity contribution in [2.75, 3.05) is 0 Å². The number of para-hydroxylation sites is 1. The topological polar surface area (TPSA) is 98.3 Å². The minimum absolute atomic E-state index is 0.0711. The quantitative estimate of drug-likeness (QED) is 0.470. The fourth-order valence-corrected chi connectivity index (χ4v) is 2.93. The molecule has 124 valence electrons. The van der Waals surface area contributed by atoms with Crippen molar-refractivity contribution < 1.29 is 14.5 Å². The highest BCUT2D eigenvalue weighted by atomic mass is 16.6. The molecular weight excluding hydrogens is 312 g/mol. The number of carbonyl (C=O) groups excluding carboxylic acids is 2. The largest absolute Gasteiger partial charge is 0.278 e. The Kier molecular flexibility index (Phi) is 4.11. The highest BCUT2D eigenvalue weighted by molar-refractivity contribution is 6.03. The van der Waals surface area contributed by atoms with Crippen LogP contribution in [0.4, 0.5) is 5.69 Å². The molecule has 1 atom stereocenters. The molecule has 1 aliphatic heterocycles. The summed E-state index contributed by atoms with van der Waals surface area (Å²) in [5.41, 5.74) is 1.15. The number of rotatable bonds is 5. The predicted molar refractivity (Wildman–Crippen MR) is 83.7 cm³/mol. The van der Waals surface area contributed by atoms with Gasteiger partial charge < -0.3 is 0 Å². The molecule has 1 aromatic heterocycles. The number of nitro benzene ring substituents is 1. The molecule has 0 spiro atoms. The van der Waals surface area contributed by atoms with E-state index >= 15 is 0 Å². The van der Waals surface area contributed by atoms with Crippen LogP contribution in [0, 0.1) is 16.0 Å². The number of benzene rings is 1. The number of imide groups is 1. The molecule has 0 N–H and O–H groups in total. The Labute approximate surface area is 137 Å². The molecule has 1 saturated heterocycles. The van der Waals surface area contributed by atoms with Crippen molar-refractivity contribution >= 4 is 17.5 Å². The minimum atomic E-state index is -0.506. The summed E-state index contributed by atoms with van der Waals surface area (Å²) in [7, 11) is 1.78. The Bertz CT molecular complexity index is 814. The number of likely N-dealkylation sites (tertiary alicyclic amines) is 1. The molecule has 2 amide bonds. The summed E-state index contributed by atoms with van der Waals surface area (Å²) in [4.78, 5) is 36.4. The molecule has 1 aliphatic rings. The molecule has 0 radical (unpaired) electrons. The van der Waals surface area contributed by atoms with E-state index in [-0.39, 0.29) is 30.5 Å². The highest BCUT2D eigenvalue weighted by Gasteiger charge is 2.39. The third-order valence-electron chi connectivity index (χ3n) is 4.09. The van der Waals surface area contributed by atoms with Gasteiger partial charge in [0.05, 0.1) is 23.6 Å². The summed E-state index contributed by atoms with van der Waals surface area (Å²) >= 11 is 0. The van der Waals surface area contributed by atoms with Gasteiger partial charge in [-0.1, -0.05) is 18.2 Å². The van der Waals surface area contributed by atoms with Gasteiger partial charge in [0.1, 0.15) is 0 Å². The van der Waals surface area contributed by atoms with Gasteiger partial charge in [0, 0.05) is 31.3 Å². The van der Waals surface area contributed by atoms with Crippen LogP contribution >= 0.6 is 0 Å². The Morgan fingerprint density at radius 3 is 2.75 bits per heavy atom. The molecule has 24 heavy (non-hydrogen) atoms. The van der Waals surface area contributed by atoms with Crippen molar-refractivity contribution in [3.63, 3.8) is 0 Å². The Morgan fingerprint density at radius 2 is 2.08 bits per heavy atom. The summed E-state index contributed by atoms with van der Waals surface area (Å²) < 4.78 is 1.64. The van der Waals surface area contributed by atoms with Crippen LogP contribution in [-0.4, -0.2) is 31.4 Å². The second-order valence-electron chi connectivity index (χ2n) is 5.83. The molecule has 2 aromatic rings. The summed E-state index contributed by atoms with van der Waals surface area (Å²) in [6, 6.07) is 6.14. The van der Waals surface area contributed by atoms with Gasteiger partial charge in [-0.15, -0.1) is 0 Å². The summed E-state index contributed by atoms with van der Waals surface area (Å²) in [6.07, 6.45) is 4.03. The third-order valence-corrected chi connectivity index (χ3v) is 4.09. The maximum absolute atomic E-state index is 12.5. The summed E-state index contributed by atoms with van der Waals surface area (Å²) in [6.45, 7) is -0.0711. The van der Waals surface area contributed by atoms with E-state index in [0.717, 1.165) is 10.5 Å². The van der Waals surface area contributed by atoms with Crippen LogP contribution in [0.1, 0.15) is 17.5 Å². The number of hydrogen-bond acceptors (Lipinski definition) is 5. The number of amides is 2. The first kappa shape index (κ1) is 15.9. The lowest BCUT2D eigenvalue weighted by molar-refractivity contribution is -0.385. The lowest BCUT2D eigenvalue weighted by atomic mass is 10.0. The summed E-state index contributed by atoms with van der Waals surface area (Å²) in [5.74, 6) is -1.03. The molecule has 3 rings (SSSR count). The first-order valence-electron chi connectivity index (χ1n) is 7.49. The molecule has 2 heterocycles. The summed E-state index contributed by atoms with van der Waals surface area (Å²) in [5, 5.41) is 15.1. The third kappa shape index (κ3) is 3.03. The van der Waals surface area contributed by atoms with E-state index in [2.05, 4.69) is 5.10 Å². The lowest BCUT2D eigenvalue weighted by Crippen LogP contribution is -2.30. The molecule has 8 heteroatoms. The standard InChI is InChI=1S/C16H16N4O4/c1-18-9-11(8-17-18)6-13-7-15(21)19(16(13)22)10-12-4-2-3-5-14(12)20(23)24/h2-5,8-9,13H,6-7,10H2,1H3. The first-order valence-corrected chi connectivity index (χ1v) is 7.49. The molecule has 1 fully saturated rings. The van der Waals surface area contributed by atoms with Crippen molar-refractivity contribution in [2.24, 2.45) is 13.0 Å². The van der Waals surface area contributed by atoms with Crippen LogP contribution in [0.2, 0.25) is 0 Å². The molecule has 0 aliphatic carbocycles. The second kappa shape index (κ2) is 6.23. The lowest BCUT2D eigenvalue weighted by Gasteiger charge is -2.15. The second-order valence-corrected chi connectivity index (χ2v) is 5.83. The zero-order valence-electron chi connectivity index (χ0n) is 13.1. The number of nitrogens with zero attached hydrogens (tertiary/aromatic N) is 4. The van der Waals surface area contributed by atoms with Crippen LogP contribution in [0.15, 0.2) is 36.7 Å². The van der Waals surface area contributed by atoms with E-state index in [4.69, 9.17) is 0 Å². The van der Waals surface area contributed by atoms with Gasteiger partial charge in [0.15, 0.2) is 0 Å². The van der Waals surface area contributed by atoms with Gasteiger partial charge >= 0.3 is 0 Å². The monoisotopic (exact) mass is 328 g/mol. The molecule has 0 saturated carbocycles. The zero-order chi connectivity index (χ0) is 17.3. The molecular formula is C16H16N4O4.